The van der Waals surface area contributed by atoms with Crippen LogP contribution < -0.4 is 21.6 Å². The second kappa shape index (κ2) is 10.0. The molecule has 0 saturated heterocycles. The summed E-state index contributed by atoms with van der Waals surface area (Å²) in [4.78, 5) is 9.73. The van der Waals surface area contributed by atoms with Gasteiger partial charge in [-0.3, -0.25) is 0 Å². The van der Waals surface area contributed by atoms with E-state index in [1.165, 1.54) is 0 Å². The smallest absolute Gasteiger partial charge is 0.168 e. The number of aliphatic imine (C=N–C) groups is 1. The average molecular weight is 441 g/mol. The summed E-state index contributed by atoms with van der Waals surface area (Å²) >= 11 is 3.38. The van der Waals surface area contributed by atoms with Crippen LogP contribution in [-0.4, -0.2) is 17.2 Å². The molecule has 7 heteroatoms. The maximum atomic E-state index is 10.7. The van der Waals surface area contributed by atoms with E-state index in [9.17, 15) is 5.11 Å². The molecule has 0 amide bonds. The Labute approximate surface area is 172 Å². The van der Waals surface area contributed by atoms with Crippen molar-refractivity contribution in [1.29, 1.82) is 0 Å². The molecule has 0 bridgehead atoms. The first-order valence-corrected chi connectivity index (χ1v) is 9.47. The molecule has 3 aromatic rings. The molecule has 0 aliphatic heterocycles. The van der Waals surface area contributed by atoms with Crippen LogP contribution in [-0.2, 0) is 0 Å². The van der Waals surface area contributed by atoms with Crippen molar-refractivity contribution in [3.8, 4) is 5.75 Å². The summed E-state index contributed by atoms with van der Waals surface area (Å²) in [6.45, 7) is 0. The van der Waals surface area contributed by atoms with Crippen LogP contribution in [0, 0.1) is 0 Å². The fourth-order valence-electron chi connectivity index (χ4n) is 2.55. The number of benzene rings is 3. The van der Waals surface area contributed by atoms with Gasteiger partial charge in [-0.2, -0.15) is 0 Å². The summed E-state index contributed by atoms with van der Waals surface area (Å²) in [6, 6.07) is 25.5. The van der Waals surface area contributed by atoms with Crippen LogP contribution in [0.4, 0.5) is 0 Å². The number of nitrogens with two attached hydrogens (primary N) is 1. The number of amidine groups is 1. The Bertz CT molecular complexity index is 889. The Hall–Kier alpha value is -2.71. The molecule has 0 aromatic heterocycles. The first-order valence-electron chi connectivity index (χ1n) is 8.68. The van der Waals surface area contributed by atoms with Crippen LogP contribution in [0.25, 0.3) is 0 Å². The maximum absolute atomic E-state index is 10.7. The number of aliphatic hydroxyl groups is 1. The number of hydrogen-bond donors (Lipinski definition) is 4. The lowest BCUT2D eigenvalue weighted by Gasteiger charge is -2.23. The fraction of sp³-hybridized carbons (Fsp3) is 0.0952. The maximum Gasteiger partial charge on any atom is 0.168 e. The van der Waals surface area contributed by atoms with Crippen LogP contribution >= 0.6 is 15.9 Å². The van der Waals surface area contributed by atoms with Crippen molar-refractivity contribution in [3.05, 3.63) is 101 Å². The van der Waals surface area contributed by atoms with Gasteiger partial charge >= 0.3 is 0 Å². The minimum Gasteiger partial charge on any atom is -0.394 e. The second-order valence-corrected chi connectivity index (χ2v) is 6.90. The molecule has 144 valence electrons. The second-order valence-electron chi connectivity index (χ2n) is 5.98. The van der Waals surface area contributed by atoms with Gasteiger partial charge in [0.15, 0.2) is 6.23 Å². The molecule has 6 nitrogen and oxygen atoms in total. The molecule has 3 aromatic carbocycles. The van der Waals surface area contributed by atoms with Crippen molar-refractivity contribution in [3.63, 3.8) is 0 Å². The third-order valence-electron chi connectivity index (χ3n) is 3.99. The van der Waals surface area contributed by atoms with E-state index in [1.807, 2.05) is 72.8 Å². The molecule has 0 heterocycles. The van der Waals surface area contributed by atoms with Gasteiger partial charge in [0, 0.05) is 10.0 Å². The Kier molecular flexibility index (Phi) is 7.16. The largest absolute Gasteiger partial charge is 0.394 e. The fourth-order valence-corrected chi connectivity index (χ4v) is 2.81. The van der Waals surface area contributed by atoms with Gasteiger partial charge in [-0.25, -0.2) is 10.4 Å². The van der Waals surface area contributed by atoms with Gasteiger partial charge in [0.1, 0.15) is 11.6 Å². The molecular weight excluding hydrogens is 420 g/mol. The summed E-state index contributed by atoms with van der Waals surface area (Å²) in [6.07, 6.45) is -1.14. The number of hydrazine groups is 1. The minimum absolute atomic E-state index is 0.254. The molecule has 28 heavy (non-hydrogen) atoms. The zero-order valence-electron chi connectivity index (χ0n) is 15.0. The number of aliphatic hydroxyl groups excluding tert-OH is 1. The van der Waals surface area contributed by atoms with Gasteiger partial charge in [-0.05, 0) is 29.8 Å². The van der Waals surface area contributed by atoms with E-state index in [-0.39, 0.29) is 5.84 Å². The van der Waals surface area contributed by atoms with E-state index in [4.69, 9.17) is 10.6 Å². The van der Waals surface area contributed by atoms with E-state index in [0.29, 0.717) is 5.75 Å². The SMILES string of the molecule is NC(=NC(O)C(NNOc1ccc(Br)cc1)c1ccccc1)c1ccccc1. The van der Waals surface area contributed by atoms with Crippen molar-refractivity contribution >= 4 is 21.8 Å². The van der Waals surface area contributed by atoms with E-state index >= 15 is 0 Å². The normalized spacial score (nSPS) is 13.7. The predicted molar refractivity (Wildman–Crippen MR) is 113 cm³/mol. The molecule has 0 spiro atoms. The van der Waals surface area contributed by atoms with Gasteiger partial charge in [0.2, 0.25) is 0 Å². The molecule has 0 aliphatic rings. The Morgan fingerprint density at radius 3 is 2.18 bits per heavy atom. The molecule has 2 atom stereocenters. The zero-order chi connectivity index (χ0) is 19.8. The van der Waals surface area contributed by atoms with Crippen LogP contribution in [0.5, 0.6) is 5.75 Å². The van der Waals surface area contributed by atoms with Crippen LogP contribution in [0.2, 0.25) is 0 Å². The quantitative estimate of drug-likeness (QED) is 0.245. The lowest BCUT2D eigenvalue weighted by atomic mass is 10.1. The minimum atomic E-state index is -1.14. The summed E-state index contributed by atoms with van der Waals surface area (Å²) in [5.41, 5.74) is 13.3. The molecule has 5 N–H and O–H groups in total. The molecule has 0 aliphatic carbocycles. The van der Waals surface area contributed by atoms with Crippen molar-refractivity contribution in [2.45, 2.75) is 12.3 Å². The molecule has 0 saturated carbocycles. The highest BCUT2D eigenvalue weighted by Crippen LogP contribution is 2.19. The number of halogens is 1. The number of nitrogens with zero attached hydrogens (tertiary/aromatic N) is 1. The summed E-state index contributed by atoms with van der Waals surface area (Å²) in [5.74, 6) is 0.869. The van der Waals surface area contributed by atoms with Crippen molar-refractivity contribution < 1.29 is 9.94 Å². The first kappa shape index (κ1) is 20.0. The molecule has 0 fully saturated rings. The highest BCUT2D eigenvalue weighted by molar-refractivity contribution is 9.10. The molecule has 0 radical (unpaired) electrons. The number of hydrogen-bond acceptors (Lipinski definition) is 5. The lowest BCUT2D eigenvalue weighted by Crippen LogP contribution is -2.43. The monoisotopic (exact) mass is 440 g/mol. The third kappa shape index (κ3) is 5.64. The number of rotatable bonds is 8. The highest BCUT2D eigenvalue weighted by atomic mass is 79.9. The van der Waals surface area contributed by atoms with Gasteiger partial charge in [0.05, 0.1) is 6.04 Å². The molecule has 2 unspecified atom stereocenters. The van der Waals surface area contributed by atoms with E-state index in [0.717, 1.165) is 15.6 Å². The Morgan fingerprint density at radius 1 is 0.929 bits per heavy atom. The molecular formula is C21H21BrN4O2. The van der Waals surface area contributed by atoms with E-state index < -0.39 is 12.3 Å². The van der Waals surface area contributed by atoms with Crippen molar-refractivity contribution in [1.82, 2.24) is 11.0 Å². The number of nitrogens with one attached hydrogen (secondary N) is 2. The first-order chi connectivity index (χ1) is 13.6. The molecule has 3 rings (SSSR count). The van der Waals surface area contributed by atoms with E-state index in [1.54, 1.807) is 12.1 Å². The summed E-state index contributed by atoms with van der Waals surface area (Å²) < 4.78 is 0.955. The average Bonchev–Trinajstić information content (AvgIpc) is 2.73. The predicted octanol–water partition coefficient (Wildman–Crippen LogP) is 3.30. The van der Waals surface area contributed by atoms with Crippen molar-refractivity contribution in [2.24, 2.45) is 10.7 Å². The van der Waals surface area contributed by atoms with Crippen LogP contribution in [0.1, 0.15) is 17.2 Å². The Morgan fingerprint density at radius 2 is 1.54 bits per heavy atom. The van der Waals surface area contributed by atoms with Gasteiger partial charge in [-0.15, -0.1) is 0 Å². The lowest BCUT2D eigenvalue weighted by molar-refractivity contribution is 0.0716. The summed E-state index contributed by atoms with van der Waals surface area (Å²) in [5, 5.41) is 10.7. The van der Waals surface area contributed by atoms with Gasteiger partial charge in [-0.1, -0.05) is 82.2 Å². The summed E-state index contributed by atoms with van der Waals surface area (Å²) in [7, 11) is 0. The topological polar surface area (TPSA) is 91.9 Å². The third-order valence-corrected chi connectivity index (χ3v) is 4.52. The van der Waals surface area contributed by atoms with Gasteiger partial charge < -0.3 is 15.7 Å². The Balaban J connectivity index is 1.72. The standard InChI is InChI=1S/C21H21BrN4O2/c22-17-11-13-18(14-12-17)28-26-25-19(15-7-3-1-4-8-15)21(27)24-20(23)16-9-5-2-6-10-16/h1-14,19,21,25-27H,(H2,23,24). The van der Waals surface area contributed by atoms with Crippen LogP contribution in [0.3, 0.4) is 0 Å². The zero-order valence-corrected chi connectivity index (χ0v) is 16.6. The van der Waals surface area contributed by atoms with Crippen LogP contribution in [0.15, 0.2) is 94.4 Å². The van der Waals surface area contributed by atoms with E-state index in [2.05, 4.69) is 31.9 Å². The van der Waals surface area contributed by atoms with Gasteiger partial charge in [0.25, 0.3) is 0 Å². The van der Waals surface area contributed by atoms with Crippen molar-refractivity contribution in [2.75, 3.05) is 0 Å². The highest BCUT2D eigenvalue weighted by Gasteiger charge is 2.21.